The maximum absolute atomic E-state index is 11.8. The van der Waals surface area contributed by atoms with Gasteiger partial charge in [-0.25, -0.2) is 9.59 Å². The molecule has 0 aliphatic carbocycles. The summed E-state index contributed by atoms with van der Waals surface area (Å²) >= 11 is 0. The molecule has 1 aromatic rings. The van der Waals surface area contributed by atoms with Crippen molar-refractivity contribution in [3.63, 3.8) is 0 Å². The van der Waals surface area contributed by atoms with E-state index in [0.29, 0.717) is 11.4 Å². The highest BCUT2D eigenvalue weighted by Gasteiger charge is 2.26. The van der Waals surface area contributed by atoms with Crippen LogP contribution in [0, 0.1) is 0 Å². The topological polar surface area (TPSA) is 85.9 Å². The van der Waals surface area contributed by atoms with Gasteiger partial charge in [-0.15, -0.1) is 0 Å². The summed E-state index contributed by atoms with van der Waals surface area (Å²) in [5.41, 5.74) is 0.753. The molecule has 1 saturated heterocycles. The van der Waals surface area contributed by atoms with Crippen LogP contribution in [0.2, 0.25) is 0 Å². The molecule has 0 aromatic heterocycles. The first kappa shape index (κ1) is 15.9. The number of methoxy groups -OCH3 is 1. The number of carbonyl (C=O) groups is 2. The summed E-state index contributed by atoms with van der Waals surface area (Å²) in [5.74, 6) is 0.546. The molecule has 1 aliphatic heterocycles. The third-order valence-electron chi connectivity index (χ3n) is 2.93. The smallest absolute Gasteiger partial charge is 0.412 e. The first-order valence-corrected chi connectivity index (χ1v) is 6.90. The highest BCUT2D eigenvalue weighted by Crippen LogP contribution is 2.30. The molecular weight excluding hydrogens is 288 g/mol. The Morgan fingerprint density at radius 1 is 1.41 bits per heavy atom. The summed E-state index contributed by atoms with van der Waals surface area (Å²) in [6.07, 6.45) is -0.997. The number of amides is 2. The van der Waals surface area contributed by atoms with Gasteiger partial charge in [0, 0.05) is 17.3 Å². The molecule has 7 nitrogen and oxygen atoms in total. The van der Waals surface area contributed by atoms with Crippen molar-refractivity contribution in [3.05, 3.63) is 23.8 Å². The zero-order valence-corrected chi connectivity index (χ0v) is 13.1. The number of cyclic esters (lactones) is 1. The van der Waals surface area contributed by atoms with Crippen LogP contribution >= 0.6 is 0 Å². The van der Waals surface area contributed by atoms with Crippen molar-refractivity contribution < 1.29 is 23.8 Å². The van der Waals surface area contributed by atoms with Crippen LogP contribution in [-0.2, 0) is 9.47 Å². The molecule has 7 heteroatoms. The molecule has 2 amide bonds. The summed E-state index contributed by atoms with van der Waals surface area (Å²) in [6.45, 7) is 5.62. The Hall–Kier alpha value is -2.44. The molecule has 0 spiro atoms. The van der Waals surface area contributed by atoms with Crippen LogP contribution < -0.4 is 15.4 Å². The maximum Gasteiger partial charge on any atom is 0.412 e. The number of benzene rings is 1. The van der Waals surface area contributed by atoms with Crippen molar-refractivity contribution in [2.45, 2.75) is 32.4 Å². The number of ether oxygens (including phenoxy) is 3. The zero-order chi connectivity index (χ0) is 16.3. The molecule has 2 rings (SSSR count). The van der Waals surface area contributed by atoms with Crippen LogP contribution in [0.5, 0.6) is 5.75 Å². The molecule has 22 heavy (non-hydrogen) atoms. The SMILES string of the molecule is COc1cc(NC(=O)OC(C)(C)C)ccc1C1COC(=O)N1. The summed E-state index contributed by atoms with van der Waals surface area (Å²) in [7, 11) is 1.52. The van der Waals surface area contributed by atoms with Crippen LogP contribution in [0.1, 0.15) is 32.4 Å². The summed E-state index contributed by atoms with van der Waals surface area (Å²) in [5, 5.41) is 5.32. The minimum absolute atomic E-state index is 0.244. The average molecular weight is 308 g/mol. The lowest BCUT2D eigenvalue weighted by molar-refractivity contribution is 0.0636. The molecule has 2 N–H and O–H groups in total. The van der Waals surface area contributed by atoms with Crippen LogP contribution in [0.4, 0.5) is 15.3 Å². The summed E-state index contributed by atoms with van der Waals surface area (Å²) in [4.78, 5) is 22.9. The zero-order valence-electron chi connectivity index (χ0n) is 13.1. The number of hydrogen-bond acceptors (Lipinski definition) is 5. The number of nitrogens with one attached hydrogen (secondary N) is 2. The first-order valence-electron chi connectivity index (χ1n) is 6.90. The predicted molar refractivity (Wildman–Crippen MR) is 80.1 cm³/mol. The van der Waals surface area contributed by atoms with Gasteiger partial charge < -0.3 is 19.5 Å². The van der Waals surface area contributed by atoms with Crippen molar-refractivity contribution in [1.29, 1.82) is 0 Å². The van der Waals surface area contributed by atoms with Gasteiger partial charge in [0.25, 0.3) is 0 Å². The van der Waals surface area contributed by atoms with Gasteiger partial charge >= 0.3 is 12.2 Å². The van der Waals surface area contributed by atoms with E-state index in [0.717, 1.165) is 5.56 Å². The number of carbonyl (C=O) groups excluding carboxylic acids is 2. The lowest BCUT2D eigenvalue weighted by atomic mass is 10.1. The highest BCUT2D eigenvalue weighted by atomic mass is 16.6. The fraction of sp³-hybridized carbons (Fsp3) is 0.467. The van der Waals surface area contributed by atoms with Crippen molar-refractivity contribution in [1.82, 2.24) is 5.32 Å². The third kappa shape index (κ3) is 4.03. The van der Waals surface area contributed by atoms with Crippen LogP contribution in [0.3, 0.4) is 0 Å². The van der Waals surface area contributed by atoms with Crippen molar-refractivity contribution in [3.8, 4) is 5.75 Å². The minimum Gasteiger partial charge on any atom is -0.496 e. The van der Waals surface area contributed by atoms with Gasteiger partial charge in [-0.3, -0.25) is 5.32 Å². The molecule has 0 bridgehead atoms. The van der Waals surface area contributed by atoms with E-state index >= 15 is 0 Å². The molecule has 1 aromatic carbocycles. The van der Waals surface area contributed by atoms with Crippen LogP contribution in [-0.4, -0.2) is 31.5 Å². The Morgan fingerprint density at radius 3 is 2.68 bits per heavy atom. The standard InChI is InChI=1S/C15H20N2O5/c1-15(2,3)22-14(19)16-9-5-6-10(12(7-9)20-4)11-8-21-13(18)17-11/h5-7,11H,8H2,1-4H3,(H,16,19)(H,17,18). The number of hydrogen-bond donors (Lipinski definition) is 2. The Balaban J connectivity index is 2.12. The second kappa shape index (κ2) is 6.13. The Kier molecular flexibility index (Phi) is 4.44. The van der Waals surface area contributed by atoms with E-state index in [1.54, 1.807) is 39.0 Å². The molecule has 0 saturated carbocycles. The van der Waals surface area contributed by atoms with E-state index in [1.165, 1.54) is 7.11 Å². The normalized spacial score (nSPS) is 17.5. The molecule has 1 aliphatic rings. The molecular formula is C15H20N2O5. The van der Waals surface area contributed by atoms with Gasteiger partial charge in [0.15, 0.2) is 0 Å². The maximum atomic E-state index is 11.8. The predicted octanol–water partition coefficient (Wildman–Crippen LogP) is 2.82. The largest absolute Gasteiger partial charge is 0.496 e. The quantitative estimate of drug-likeness (QED) is 0.896. The van der Waals surface area contributed by atoms with Gasteiger partial charge in [0.2, 0.25) is 0 Å². The van der Waals surface area contributed by atoms with E-state index in [-0.39, 0.29) is 12.6 Å². The van der Waals surface area contributed by atoms with E-state index in [2.05, 4.69) is 10.6 Å². The van der Waals surface area contributed by atoms with Gasteiger partial charge in [-0.2, -0.15) is 0 Å². The summed E-state index contributed by atoms with van der Waals surface area (Å²) < 4.78 is 15.4. The Bertz CT molecular complexity index is 580. The number of rotatable bonds is 3. The molecule has 120 valence electrons. The second-order valence-corrected chi connectivity index (χ2v) is 5.88. The Labute approximate surface area is 128 Å². The monoisotopic (exact) mass is 308 g/mol. The minimum atomic E-state index is -0.570. The molecule has 1 atom stereocenters. The van der Waals surface area contributed by atoms with Crippen molar-refractivity contribution in [2.24, 2.45) is 0 Å². The first-order chi connectivity index (χ1) is 10.3. The molecule has 1 heterocycles. The van der Waals surface area contributed by atoms with Gasteiger partial charge in [0.05, 0.1) is 13.2 Å². The second-order valence-electron chi connectivity index (χ2n) is 5.88. The van der Waals surface area contributed by atoms with Crippen LogP contribution in [0.25, 0.3) is 0 Å². The highest BCUT2D eigenvalue weighted by molar-refractivity contribution is 5.85. The van der Waals surface area contributed by atoms with Gasteiger partial charge in [-0.05, 0) is 26.8 Å². The summed E-state index contributed by atoms with van der Waals surface area (Å²) in [6, 6.07) is 4.89. The molecule has 1 unspecified atom stereocenters. The average Bonchev–Trinajstić information content (AvgIpc) is 2.82. The van der Waals surface area contributed by atoms with Gasteiger partial charge in [-0.1, -0.05) is 6.07 Å². The third-order valence-corrected chi connectivity index (χ3v) is 2.93. The van der Waals surface area contributed by atoms with Gasteiger partial charge in [0.1, 0.15) is 18.0 Å². The molecule has 0 radical (unpaired) electrons. The molecule has 1 fully saturated rings. The fourth-order valence-corrected chi connectivity index (χ4v) is 2.05. The van der Waals surface area contributed by atoms with E-state index in [1.807, 2.05) is 0 Å². The number of alkyl carbamates (subject to hydrolysis) is 1. The lowest BCUT2D eigenvalue weighted by Gasteiger charge is -2.20. The number of anilines is 1. The van der Waals surface area contributed by atoms with E-state index < -0.39 is 17.8 Å². The Morgan fingerprint density at radius 2 is 2.14 bits per heavy atom. The fourth-order valence-electron chi connectivity index (χ4n) is 2.05. The van der Waals surface area contributed by atoms with E-state index in [4.69, 9.17) is 14.2 Å². The lowest BCUT2D eigenvalue weighted by Crippen LogP contribution is -2.27. The van der Waals surface area contributed by atoms with E-state index in [9.17, 15) is 9.59 Å². The van der Waals surface area contributed by atoms with Crippen LogP contribution in [0.15, 0.2) is 18.2 Å². The van der Waals surface area contributed by atoms with Crippen molar-refractivity contribution in [2.75, 3.05) is 19.0 Å². The van der Waals surface area contributed by atoms with Crippen molar-refractivity contribution >= 4 is 17.9 Å².